The smallest absolute Gasteiger partial charge is 0.231 e. The van der Waals surface area contributed by atoms with E-state index >= 15 is 0 Å². The maximum Gasteiger partial charge on any atom is 0.231 e. The first kappa shape index (κ1) is 12.3. The number of anilines is 1. The number of carbonyl (C=O) groups is 1. The molecule has 0 saturated carbocycles. The van der Waals surface area contributed by atoms with E-state index < -0.39 is 0 Å². The lowest BCUT2D eigenvalue weighted by Gasteiger charge is -2.15. The third-order valence-corrected chi connectivity index (χ3v) is 2.99. The zero-order valence-electron chi connectivity index (χ0n) is 9.52. The van der Waals surface area contributed by atoms with Gasteiger partial charge in [-0.05, 0) is 12.8 Å². The maximum absolute atomic E-state index is 12.0. The fraction of sp³-hybridized carbons (Fsp3) is 0.545. The zero-order chi connectivity index (χ0) is 12.3. The Kier molecular flexibility index (Phi) is 3.91. The average Bonchev–Trinajstić information content (AvgIpc) is 2.77. The predicted molar refractivity (Wildman–Crippen MR) is 63.8 cm³/mol. The Hall–Kier alpha value is -1.20. The van der Waals surface area contributed by atoms with Crippen LogP contribution in [0.1, 0.15) is 19.8 Å². The molecule has 0 aromatic carbocycles. The molecule has 1 saturated heterocycles. The number of nitrogens with one attached hydrogen (secondary N) is 1. The van der Waals surface area contributed by atoms with E-state index in [1.165, 1.54) is 12.4 Å². The first-order chi connectivity index (χ1) is 8.20. The Bertz CT molecular complexity index is 413. The van der Waals surface area contributed by atoms with Gasteiger partial charge in [-0.15, -0.1) is 0 Å². The summed E-state index contributed by atoms with van der Waals surface area (Å²) in [6.07, 6.45) is 4.48. The summed E-state index contributed by atoms with van der Waals surface area (Å²) < 4.78 is 5.47. The van der Waals surface area contributed by atoms with Crippen LogP contribution >= 0.6 is 11.6 Å². The van der Waals surface area contributed by atoms with Crippen molar-refractivity contribution in [3.8, 4) is 0 Å². The molecule has 92 valence electrons. The second kappa shape index (κ2) is 5.42. The van der Waals surface area contributed by atoms with Crippen molar-refractivity contribution in [3.05, 3.63) is 17.5 Å². The Morgan fingerprint density at radius 2 is 2.47 bits per heavy atom. The lowest BCUT2D eigenvalue weighted by Crippen LogP contribution is -2.29. The molecule has 1 aliphatic rings. The van der Waals surface area contributed by atoms with Gasteiger partial charge in [-0.1, -0.05) is 18.5 Å². The topological polar surface area (TPSA) is 64.1 Å². The van der Waals surface area contributed by atoms with Crippen LogP contribution < -0.4 is 5.32 Å². The van der Waals surface area contributed by atoms with Gasteiger partial charge in [0.1, 0.15) is 5.15 Å². The van der Waals surface area contributed by atoms with Crippen molar-refractivity contribution in [1.82, 2.24) is 9.97 Å². The second-order valence-corrected chi connectivity index (χ2v) is 4.32. The van der Waals surface area contributed by atoms with E-state index in [0.29, 0.717) is 12.4 Å². The summed E-state index contributed by atoms with van der Waals surface area (Å²) >= 11 is 5.69. The lowest BCUT2D eigenvalue weighted by atomic mass is 9.99. The average molecular weight is 256 g/mol. The Balaban J connectivity index is 2.01. The predicted octanol–water partition coefficient (Wildman–Crippen LogP) is 1.88. The Morgan fingerprint density at radius 1 is 1.65 bits per heavy atom. The van der Waals surface area contributed by atoms with Gasteiger partial charge in [0, 0.05) is 6.61 Å². The number of halogens is 1. The molecule has 1 fully saturated rings. The highest BCUT2D eigenvalue weighted by Crippen LogP contribution is 2.24. The summed E-state index contributed by atoms with van der Waals surface area (Å²) in [6.45, 7) is 2.65. The second-order valence-electron chi connectivity index (χ2n) is 3.93. The third kappa shape index (κ3) is 2.92. The van der Waals surface area contributed by atoms with Crippen molar-refractivity contribution in [1.29, 1.82) is 0 Å². The number of hydrogen-bond donors (Lipinski definition) is 1. The van der Waals surface area contributed by atoms with Gasteiger partial charge in [-0.2, -0.15) is 0 Å². The first-order valence-corrected chi connectivity index (χ1v) is 5.98. The van der Waals surface area contributed by atoms with Crippen LogP contribution in [0.2, 0.25) is 5.15 Å². The fourth-order valence-electron chi connectivity index (χ4n) is 1.97. The van der Waals surface area contributed by atoms with Gasteiger partial charge in [-0.3, -0.25) is 9.78 Å². The van der Waals surface area contributed by atoms with Crippen LogP contribution in [0.25, 0.3) is 0 Å². The monoisotopic (exact) mass is 255 g/mol. The van der Waals surface area contributed by atoms with Gasteiger partial charge >= 0.3 is 0 Å². The van der Waals surface area contributed by atoms with Crippen LogP contribution in [0.15, 0.2) is 12.4 Å². The van der Waals surface area contributed by atoms with Crippen LogP contribution in [-0.2, 0) is 9.53 Å². The van der Waals surface area contributed by atoms with E-state index in [1.54, 1.807) is 0 Å². The van der Waals surface area contributed by atoms with E-state index in [4.69, 9.17) is 16.3 Å². The molecule has 2 rings (SSSR count). The summed E-state index contributed by atoms with van der Waals surface area (Å²) in [5.74, 6) is 0.191. The fourth-order valence-corrected chi connectivity index (χ4v) is 2.12. The van der Waals surface area contributed by atoms with Crippen LogP contribution in [0.4, 0.5) is 5.82 Å². The molecule has 2 atom stereocenters. The van der Waals surface area contributed by atoms with E-state index in [1.807, 2.05) is 6.92 Å². The highest BCUT2D eigenvalue weighted by molar-refractivity contribution is 6.29. The molecule has 0 bridgehead atoms. The number of ether oxygens (including phenoxy) is 1. The summed E-state index contributed by atoms with van der Waals surface area (Å²) in [4.78, 5) is 19.8. The van der Waals surface area contributed by atoms with Gasteiger partial charge < -0.3 is 10.1 Å². The van der Waals surface area contributed by atoms with Gasteiger partial charge in [-0.25, -0.2) is 4.98 Å². The molecule has 1 amide bonds. The quantitative estimate of drug-likeness (QED) is 0.896. The van der Waals surface area contributed by atoms with Crippen molar-refractivity contribution in [2.24, 2.45) is 5.92 Å². The molecule has 1 aromatic rings. The Morgan fingerprint density at radius 3 is 3.18 bits per heavy atom. The SMILES string of the molecule is CCC1OCCC1C(=O)Nc1cncc(Cl)n1. The number of amides is 1. The molecule has 0 aliphatic carbocycles. The molecule has 6 heteroatoms. The van der Waals surface area contributed by atoms with Gasteiger partial charge in [0.15, 0.2) is 5.82 Å². The number of hydrogen-bond acceptors (Lipinski definition) is 4. The molecule has 17 heavy (non-hydrogen) atoms. The molecule has 1 aliphatic heterocycles. The Labute approximate surface area is 105 Å². The number of carbonyl (C=O) groups excluding carboxylic acids is 1. The van der Waals surface area contributed by atoms with E-state index in [9.17, 15) is 4.79 Å². The highest BCUT2D eigenvalue weighted by atomic mass is 35.5. The van der Waals surface area contributed by atoms with Crippen molar-refractivity contribution in [3.63, 3.8) is 0 Å². The maximum atomic E-state index is 12.0. The van der Waals surface area contributed by atoms with Gasteiger partial charge in [0.05, 0.1) is 24.4 Å². The van der Waals surface area contributed by atoms with Crippen molar-refractivity contribution >= 4 is 23.3 Å². The summed E-state index contributed by atoms with van der Waals surface area (Å²) in [7, 11) is 0. The minimum absolute atomic E-state index is 0.00198. The molecular weight excluding hydrogens is 242 g/mol. The summed E-state index contributed by atoms with van der Waals surface area (Å²) in [6, 6.07) is 0. The molecule has 2 heterocycles. The zero-order valence-corrected chi connectivity index (χ0v) is 10.3. The number of rotatable bonds is 3. The molecule has 0 spiro atoms. The number of nitrogens with zero attached hydrogens (tertiary/aromatic N) is 2. The normalized spacial score (nSPS) is 23.6. The van der Waals surface area contributed by atoms with E-state index in [-0.39, 0.29) is 23.1 Å². The molecule has 2 unspecified atom stereocenters. The van der Waals surface area contributed by atoms with E-state index in [0.717, 1.165) is 12.8 Å². The minimum atomic E-state index is -0.110. The van der Waals surface area contributed by atoms with Crippen LogP contribution in [0.3, 0.4) is 0 Å². The van der Waals surface area contributed by atoms with E-state index in [2.05, 4.69) is 15.3 Å². The summed E-state index contributed by atoms with van der Waals surface area (Å²) in [5, 5.41) is 2.97. The van der Waals surface area contributed by atoms with Crippen molar-refractivity contribution in [2.75, 3.05) is 11.9 Å². The molecule has 5 nitrogen and oxygen atoms in total. The third-order valence-electron chi connectivity index (χ3n) is 2.81. The van der Waals surface area contributed by atoms with Crippen molar-refractivity contribution < 1.29 is 9.53 Å². The van der Waals surface area contributed by atoms with Crippen molar-refractivity contribution in [2.45, 2.75) is 25.9 Å². The van der Waals surface area contributed by atoms with Crippen LogP contribution in [0, 0.1) is 5.92 Å². The van der Waals surface area contributed by atoms with Gasteiger partial charge in [0.2, 0.25) is 5.91 Å². The molecule has 1 N–H and O–H groups in total. The highest BCUT2D eigenvalue weighted by Gasteiger charge is 2.32. The largest absolute Gasteiger partial charge is 0.377 e. The molecule has 0 radical (unpaired) electrons. The molecule has 1 aromatic heterocycles. The minimum Gasteiger partial charge on any atom is -0.377 e. The summed E-state index contributed by atoms with van der Waals surface area (Å²) in [5.41, 5.74) is 0. The standard InChI is InChI=1S/C11H14ClN3O2/c1-2-8-7(3-4-17-8)11(16)15-10-6-13-5-9(12)14-10/h5-8H,2-4H2,1H3,(H,14,15,16). The van der Waals surface area contributed by atoms with Gasteiger partial charge in [0.25, 0.3) is 0 Å². The molecular formula is C11H14ClN3O2. The first-order valence-electron chi connectivity index (χ1n) is 5.60. The number of aromatic nitrogens is 2. The van der Waals surface area contributed by atoms with Crippen LogP contribution in [0.5, 0.6) is 0 Å². The lowest BCUT2D eigenvalue weighted by molar-refractivity contribution is -0.121. The van der Waals surface area contributed by atoms with Crippen LogP contribution in [-0.4, -0.2) is 28.6 Å².